The summed E-state index contributed by atoms with van der Waals surface area (Å²) in [5, 5.41) is 6.21. The largest absolute Gasteiger partial charge is 0.467 e. The van der Waals surface area contributed by atoms with Crippen molar-refractivity contribution in [2.45, 2.75) is 6.18 Å². The molecule has 0 atom stereocenters. The van der Waals surface area contributed by atoms with Crippen LogP contribution in [0.25, 0.3) is 16.7 Å². The van der Waals surface area contributed by atoms with Crippen LogP contribution < -0.4 is 10.1 Å². The highest BCUT2D eigenvalue weighted by molar-refractivity contribution is 6.32. The molecule has 4 aromatic rings. The first-order valence-corrected chi connectivity index (χ1v) is 8.98. The van der Waals surface area contributed by atoms with Gasteiger partial charge in [0.05, 0.1) is 21.7 Å². The van der Waals surface area contributed by atoms with Crippen molar-refractivity contribution in [1.29, 1.82) is 0 Å². The number of anilines is 1. The van der Waals surface area contributed by atoms with Crippen LogP contribution in [0.3, 0.4) is 0 Å². The molecule has 0 aliphatic rings. The molecular weight excluding hydrogens is 423 g/mol. The topological polar surface area (TPSA) is 84.8 Å². The molecule has 1 amide bonds. The van der Waals surface area contributed by atoms with E-state index in [0.717, 1.165) is 10.2 Å². The van der Waals surface area contributed by atoms with Crippen molar-refractivity contribution in [2.75, 3.05) is 11.9 Å². The molecule has 0 bridgehead atoms. The molecule has 154 valence electrons. The lowest BCUT2D eigenvalue weighted by molar-refractivity contribution is -0.141. The number of nitrogens with zero attached hydrogens (tertiary/aromatic N) is 3. The normalized spacial score (nSPS) is 11.6. The number of aromatic amines is 1. The van der Waals surface area contributed by atoms with Crippen LogP contribution >= 0.6 is 11.6 Å². The highest BCUT2D eigenvalue weighted by Gasteiger charge is 2.36. The van der Waals surface area contributed by atoms with Crippen LogP contribution in [-0.4, -0.2) is 32.3 Å². The summed E-state index contributed by atoms with van der Waals surface area (Å²) in [5.41, 5.74) is 0.387. The maximum atomic E-state index is 13.1. The van der Waals surface area contributed by atoms with Crippen molar-refractivity contribution >= 4 is 34.5 Å². The smallest absolute Gasteiger partial charge is 0.435 e. The van der Waals surface area contributed by atoms with Gasteiger partial charge in [-0.05, 0) is 24.3 Å². The lowest BCUT2D eigenvalue weighted by Crippen LogP contribution is -2.21. The average molecular weight is 436 g/mol. The number of hydrogen-bond donors (Lipinski definition) is 2. The maximum absolute atomic E-state index is 13.1. The lowest BCUT2D eigenvalue weighted by Gasteiger charge is -2.10. The molecular formula is C19H13ClF3N5O2. The van der Waals surface area contributed by atoms with Crippen LogP contribution in [-0.2, 0) is 11.0 Å². The van der Waals surface area contributed by atoms with E-state index in [-0.39, 0.29) is 22.5 Å². The number of carbonyl (C=O) groups excluding carboxylic acids is 1. The number of hydrogen-bond acceptors (Lipinski definition) is 4. The molecule has 7 nitrogen and oxygen atoms in total. The quantitative estimate of drug-likeness (QED) is 0.485. The Hall–Kier alpha value is -3.53. The molecule has 30 heavy (non-hydrogen) atoms. The molecule has 2 heterocycles. The Morgan fingerprint density at radius 1 is 1.17 bits per heavy atom. The highest BCUT2D eigenvalue weighted by atomic mass is 35.5. The van der Waals surface area contributed by atoms with Crippen molar-refractivity contribution in [3.05, 3.63) is 65.3 Å². The summed E-state index contributed by atoms with van der Waals surface area (Å²) in [7, 11) is 0. The second-order valence-corrected chi connectivity index (χ2v) is 6.58. The number of amides is 1. The summed E-state index contributed by atoms with van der Waals surface area (Å²) < 4.78 is 45.6. The standard InChI is InChI=1S/C19H13ClF3N5O2/c20-11-5-1-4-8-14(11)28-17(9-15(27-28)19(21,22)23)30-10-16(29)26-18-24-12-6-2-3-7-13(12)25-18/h1-9H,10H2,(H2,24,25,26,29). The predicted octanol–water partition coefficient (Wildman–Crippen LogP) is 4.44. The van der Waals surface area contributed by atoms with E-state index in [1.807, 2.05) is 6.07 Å². The summed E-state index contributed by atoms with van der Waals surface area (Å²) in [6.07, 6.45) is -4.69. The summed E-state index contributed by atoms with van der Waals surface area (Å²) >= 11 is 6.07. The molecule has 0 aliphatic heterocycles. The minimum Gasteiger partial charge on any atom is -0.467 e. The van der Waals surface area contributed by atoms with Gasteiger partial charge in [-0.2, -0.15) is 23.0 Å². The van der Waals surface area contributed by atoms with Gasteiger partial charge in [-0.3, -0.25) is 10.1 Å². The van der Waals surface area contributed by atoms with Gasteiger partial charge in [-0.1, -0.05) is 35.9 Å². The van der Waals surface area contributed by atoms with Gasteiger partial charge < -0.3 is 9.72 Å². The Kier molecular flexibility index (Phi) is 5.08. The molecule has 0 saturated carbocycles. The Balaban J connectivity index is 1.54. The fourth-order valence-electron chi connectivity index (χ4n) is 2.72. The van der Waals surface area contributed by atoms with Crippen LogP contribution in [0.15, 0.2) is 54.6 Å². The van der Waals surface area contributed by atoms with Crippen molar-refractivity contribution in [1.82, 2.24) is 19.7 Å². The van der Waals surface area contributed by atoms with Gasteiger partial charge in [0.1, 0.15) is 0 Å². The first-order chi connectivity index (χ1) is 14.3. The van der Waals surface area contributed by atoms with Crippen LogP contribution in [0.5, 0.6) is 5.88 Å². The average Bonchev–Trinajstić information content (AvgIpc) is 3.30. The number of para-hydroxylation sites is 3. The van der Waals surface area contributed by atoms with Crippen molar-refractivity contribution in [3.8, 4) is 11.6 Å². The number of imidazole rings is 1. The number of fused-ring (bicyclic) bond motifs is 1. The maximum Gasteiger partial charge on any atom is 0.435 e. The number of halogens is 4. The summed E-state index contributed by atoms with van der Waals surface area (Å²) in [6.45, 7) is -0.565. The Morgan fingerprint density at radius 3 is 2.63 bits per heavy atom. The van der Waals surface area contributed by atoms with Gasteiger partial charge >= 0.3 is 6.18 Å². The fourth-order valence-corrected chi connectivity index (χ4v) is 2.94. The van der Waals surface area contributed by atoms with Gasteiger partial charge in [-0.15, -0.1) is 0 Å². The zero-order chi connectivity index (χ0) is 21.3. The van der Waals surface area contributed by atoms with Crippen LogP contribution in [0.2, 0.25) is 5.02 Å². The minimum absolute atomic E-state index is 0.172. The summed E-state index contributed by atoms with van der Waals surface area (Å²) in [5.74, 6) is -0.704. The van der Waals surface area contributed by atoms with E-state index < -0.39 is 24.4 Å². The van der Waals surface area contributed by atoms with E-state index in [1.165, 1.54) is 12.1 Å². The SMILES string of the molecule is O=C(COc1cc(C(F)(F)F)nn1-c1ccccc1Cl)Nc1nc2ccccc2[nH]1. The number of H-pyrrole nitrogens is 1. The Bertz CT molecular complexity index is 1190. The van der Waals surface area contributed by atoms with Crippen LogP contribution in [0, 0.1) is 0 Å². The first-order valence-electron chi connectivity index (χ1n) is 8.61. The van der Waals surface area contributed by atoms with E-state index in [0.29, 0.717) is 11.6 Å². The van der Waals surface area contributed by atoms with Gasteiger partial charge in [-0.25, -0.2) is 4.98 Å². The lowest BCUT2D eigenvalue weighted by atomic mass is 10.3. The van der Waals surface area contributed by atoms with Crippen molar-refractivity contribution in [2.24, 2.45) is 0 Å². The molecule has 11 heteroatoms. The van der Waals surface area contributed by atoms with Gasteiger partial charge in [0.2, 0.25) is 11.8 Å². The number of aromatic nitrogens is 4. The molecule has 2 aromatic carbocycles. The van der Waals surface area contributed by atoms with Crippen molar-refractivity contribution < 1.29 is 22.7 Å². The van der Waals surface area contributed by atoms with E-state index in [4.69, 9.17) is 16.3 Å². The van der Waals surface area contributed by atoms with Gasteiger partial charge in [0.25, 0.3) is 5.91 Å². The zero-order valence-electron chi connectivity index (χ0n) is 15.1. The molecule has 4 rings (SSSR count). The third kappa shape index (κ3) is 4.08. The number of rotatable bonds is 5. The monoisotopic (exact) mass is 435 g/mol. The first kappa shape index (κ1) is 19.8. The van der Waals surface area contributed by atoms with Crippen LogP contribution in [0.1, 0.15) is 5.69 Å². The predicted molar refractivity (Wildman–Crippen MR) is 104 cm³/mol. The van der Waals surface area contributed by atoms with Crippen LogP contribution in [0.4, 0.5) is 19.1 Å². The zero-order valence-corrected chi connectivity index (χ0v) is 15.8. The van der Waals surface area contributed by atoms with Gasteiger partial charge in [0, 0.05) is 6.07 Å². The summed E-state index contributed by atoms with van der Waals surface area (Å²) in [6, 6.07) is 14.1. The molecule has 0 aliphatic carbocycles. The molecule has 0 fully saturated rings. The van der Waals surface area contributed by atoms with E-state index >= 15 is 0 Å². The Labute approximate surface area is 172 Å². The molecule has 0 spiro atoms. The highest BCUT2D eigenvalue weighted by Crippen LogP contribution is 2.33. The second-order valence-electron chi connectivity index (χ2n) is 6.17. The van der Waals surface area contributed by atoms with E-state index in [2.05, 4.69) is 20.4 Å². The molecule has 0 radical (unpaired) electrons. The Morgan fingerprint density at radius 2 is 1.90 bits per heavy atom. The fraction of sp³-hybridized carbons (Fsp3) is 0.105. The molecule has 0 saturated heterocycles. The molecule has 2 aromatic heterocycles. The van der Waals surface area contributed by atoms with E-state index in [9.17, 15) is 18.0 Å². The van der Waals surface area contributed by atoms with E-state index in [1.54, 1.807) is 30.3 Å². The molecule has 0 unspecified atom stereocenters. The third-order valence-electron chi connectivity index (χ3n) is 4.05. The van der Waals surface area contributed by atoms with Gasteiger partial charge in [0.15, 0.2) is 12.3 Å². The number of benzene rings is 2. The third-order valence-corrected chi connectivity index (χ3v) is 4.37. The number of alkyl halides is 3. The second kappa shape index (κ2) is 7.71. The minimum atomic E-state index is -4.69. The number of nitrogens with one attached hydrogen (secondary N) is 2. The van der Waals surface area contributed by atoms with Crippen molar-refractivity contribution in [3.63, 3.8) is 0 Å². The number of carbonyl (C=O) groups is 1. The number of ether oxygens (including phenoxy) is 1. The summed E-state index contributed by atoms with van der Waals surface area (Å²) in [4.78, 5) is 19.3. The molecule has 2 N–H and O–H groups in total.